The molecule has 0 spiro atoms. The number of fused-ring (bicyclic) bond motifs is 1. The van der Waals surface area contributed by atoms with Crippen LogP contribution in [0.15, 0.2) is 42.5 Å². The fourth-order valence-electron chi connectivity index (χ4n) is 8.52. The summed E-state index contributed by atoms with van der Waals surface area (Å²) < 4.78 is 0. The molecule has 194 valence electrons. The number of likely N-dealkylation sites (tertiary alicyclic amines) is 1. The fourth-order valence-corrected chi connectivity index (χ4v) is 8.52. The molecule has 6 heteroatoms. The van der Waals surface area contributed by atoms with E-state index in [-0.39, 0.29) is 17.5 Å². The van der Waals surface area contributed by atoms with Gasteiger partial charge in [-0.2, -0.15) is 0 Å². The number of anilines is 2. The van der Waals surface area contributed by atoms with Crippen molar-refractivity contribution in [3.05, 3.63) is 59.2 Å². The van der Waals surface area contributed by atoms with Gasteiger partial charge in [0.05, 0.1) is 5.56 Å². The standard InChI is InChI=1S/C31H38N4O2/c36-29(34-10-3-4-11-34)27-16-26(7-8-28(27)35-12-9-24-5-1-2-6-25(24)20-35)32-30(37)33-31-17-21-13-22(18-31)15-23(14-21)19-31/h1-2,5-8,16,21-23H,3-4,9-15,17-20H2,(H2,32,33,37). The van der Waals surface area contributed by atoms with Gasteiger partial charge in [-0.1, -0.05) is 24.3 Å². The highest BCUT2D eigenvalue weighted by Crippen LogP contribution is 2.55. The summed E-state index contributed by atoms with van der Waals surface area (Å²) in [4.78, 5) is 31.2. The van der Waals surface area contributed by atoms with Crippen molar-refractivity contribution in [2.24, 2.45) is 17.8 Å². The number of amides is 3. The average molecular weight is 499 g/mol. The van der Waals surface area contributed by atoms with Crippen molar-refractivity contribution in [1.29, 1.82) is 0 Å². The Labute approximate surface area is 219 Å². The van der Waals surface area contributed by atoms with Gasteiger partial charge in [0.15, 0.2) is 0 Å². The normalized spacial score (nSPS) is 29.8. The van der Waals surface area contributed by atoms with Crippen molar-refractivity contribution in [1.82, 2.24) is 10.2 Å². The third-order valence-corrected chi connectivity index (χ3v) is 9.77. The van der Waals surface area contributed by atoms with Crippen molar-refractivity contribution < 1.29 is 9.59 Å². The van der Waals surface area contributed by atoms with Crippen LogP contribution in [0.25, 0.3) is 0 Å². The lowest BCUT2D eigenvalue weighted by Crippen LogP contribution is -2.60. The minimum Gasteiger partial charge on any atom is -0.366 e. The number of nitrogens with one attached hydrogen (secondary N) is 2. The highest BCUT2D eigenvalue weighted by atomic mass is 16.2. The van der Waals surface area contributed by atoms with E-state index in [1.165, 1.54) is 30.4 Å². The zero-order valence-corrected chi connectivity index (χ0v) is 21.7. The fraction of sp³-hybridized carbons (Fsp3) is 0.548. The lowest BCUT2D eigenvalue weighted by molar-refractivity contribution is -0.0127. The molecule has 0 aromatic heterocycles. The molecule has 37 heavy (non-hydrogen) atoms. The Morgan fingerprint density at radius 1 is 0.838 bits per heavy atom. The lowest BCUT2D eigenvalue weighted by Gasteiger charge is -2.56. The first kappa shape index (κ1) is 23.1. The molecule has 8 rings (SSSR count). The number of urea groups is 1. The van der Waals surface area contributed by atoms with Gasteiger partial charge in [0, 0.05) is 43.1 Å². The molecule has 0 unspecified atom stereocenters. The molecule has 1 saturated heterocycles. The van der Waals surface area contributed by atoms with Gasteiger partial charge in [-0.15, -0.1) is 0 Å². The number of rotatable bonds is 4. The SMILES string of the molecule is O=C(Nc1ccc(N2CCc3ccccc3C2)c(C(=O)N2CCCC2)c1)NC12CC3CC(CC(C3)C1)C2. The first-order chi connectivity index (χ1) is 18.0. The molecule has 6 nitrogen and oxygen atoms in total. The third kappa shape index (κ3) is 4.38. The predicted octanol–water partition coefficient (Wildman–Crippen LogP) is 5.58. The summed E-state index contributed by atoms with van der Waals surface area (Å²) in [6.07, 6.45) is 10.5. The largest absolute Gasteiger partial charge is 0.366 e. The minimum atomic E-state index is -0.124. The van der Waals surface area contributed by atoms with Crippen LogP contribution in [0.4, 0.5) is 16.2 Å². The number of hydrogen-bond acceptors (Lipinski definition) is 3. The van der Waals surface area contributed by atoms with E-state index in [1.54, 1.807) is 0 Å². The topological polar surface area (TPSA) is 64.7 Å². The van der Waals surface area contributed by atoms with Gasteiger partial charge in [-0.25, -0.2) is 4.79 Å². The number of nitrogens with zero attached hydrogens (tertiary/aromatic N) is 2. The monoisotopic (exact) mass is 498 g/mol. The molecule has 4 aliphatic carbocycles. The molecule has 0 atom stereocenters. The van der Waals surface area contributed by atoms with E-state index in [0.29, 0.717) is 11.3 Å². The van der Waals surface area contributed by atoms with Crippen LogP contribution < -0.4 is 15.5 Å². The quantitative estimate of drug-likeness (QED) is 0.579. The maximum Gasteiger partial charge on any atom is 0.319 e. The van der Waals surface area contributed by atoms with Crippen LogP contribution in [0.3, 0.4) is 0 Å². The second-order valence-electron chi connectivity index (χ2n) is 12.4. The number of carbonyl (C=O) groups excluding carboxylic acids is 2. The number of benzene rings is 2. The van der Waals surface area contributed by atoms with Crippen molar-refractivity contribution in [3.63, 3.8) is 0 Å². The molecule has 2 N–H and O–H groups in total. The summed E-state index contributed by atoms with van der Waals surface area (Å²) in [6.45, 7) is 3.31. The Balaban J connectivity index is 1.13. The number of carbonyl (C=O) groups is 2. The molecular weight excluding hydrogens is 460 g/mol. The first-order valence-electron chi connectivity index (χ1n) is 14.4. The molecule has 2 aromatic carbocycles. The molecule has 4 bridgehead atoms. The van der Waals surface area contributed by atoms with Crippen LogP contribution >= 0.6 is 0 Å². The van der Waals surface area contributed by atoms with Gasteiger partial charge < -0.3 is 20.4 Å². The molecule has 0 radical (unpaired) electrons. The Morgan fingerprint density at radius 3 is 2.22 bits per heavy atom. The van der Waals surface area contributed by atoms with Crippen LogP contribution in [-0.2, 0) is 13.0 Å². The van der Waals surface area contributed by atoms with Gasteiger partial charge >= 0.3 is 6.03 Å². The van der Waals surface area contributed by atoms with Gasteiger partial charge in [-0.05, 0) is 105 Å². The smallest absolute Gasteiger partial charge is 0.319 e. The van der Waals surface area contributed by atoms with E-state index >= 15 is 0 Å². The Morgan fingerprint density at radius 2 is 1.51 bits per heavy atom. The van der Waals surface area contributed by atoms with Crippen LogP contribution in [0.5, 0.6) is 0 Å². The van der Waals surface area contributed by atoms with Crippen molar-refractivity contribution in [2.75, 3.05) is 29.9 Å². The zero-order chi connectivity index (χ0) is 25.0. The lowest BCUT2D eigenvalue weighted by atomic mass is 9.53. The second-order valence-corrected chi connectivity index (χ2v) is 12.4. The minimum absolute atomic E-state index is 0.0336. The molecule has 6 aliphatic rings. The van der Waals surface area contributed by atoms with Crippen LogP contribution in [0.2, 0.25) is 0 Å². The summed E-state index contributed by atoms with van der Waals surface area (Å²) in [5.41, 5.74) is 5.06. The molecule has 2 aromatic rings. The average Bonchev–Trinajstić information content (AvgIpc) is 3.42. The molecule has 4 saturated carbocycles. The summed E-state index contributed by atoms with van der Waals surface area (Å²) in [5.74, 6) is 2.43. The summed E-state index contributed by atoms with van der Waals surface area (Å²) in [7, 11) is 0. The van der Waals surface area contributed by atoms with Crippen molar-refractivity contribution in [2.45, 2.75) is 69.9 Å². The zero-order valence-electron chi connectivity index (χ0n) is 21.7. The highest BCUT2D eigenvalue weighted by molar-refractivity contribution is 6.02. The highest BCUT2D eigenvalue weighted by Gasteiger charge is 2.51. The van der Waals surface area contributed by atoms with Gasteiger partial charge in [-0.3, -0.25) is 4.79 Å². The Kier molecular flexibility index (Phi) is 5.67. The van der Waals surface area contributed by atoms with Crippen LogP contribution in [-0.4, -0.2) is 42.0 Å². The van der Waals surface area contributed by atoms with Gasteiger partial charge in [0.1, 0.15) is 0 Å². The maximum absolute atomic E-state index is 13.7. The molecular formula is C31H38N4O2. The molecule has 2 aliphatic heterocycles. The maximum atomic E-state index is 13.7. The summed E-state index contributed by atoms with van der Waals surface area (Å²) >= 11 is 0. The predicted molar refractivity (Wildman–Crippen MR) is 146 cm³/mol. The van der Waals surface area contributed by atoms with E-state index in [4.69, 9.17) is 0 Å². The van der Waals surface area contributed by atoms with E-state index in [1.807, 2.05) is 23.1 Å². The second kappa shape index (κ2) is 9.07. The van der Waals surface area contributed by atoms with Crippen molar-refractivity contribution >= 4 is 23.3 Å². The van der Waals surface area contributed by atoms with E-state index < -0.39 is 0 Å². The molecule has 2 heterocycles. The Hall–Kier alpha value is -3.02. The van der Waals surface area contributed by atoms with E-state index in [2.05, 4.69) is 39.8 Å². The number of hydrogen-bond donors (Lipinski definition) is 2. The summed E-state index contributed by atoms with van der Waals surface area (Å²) in [6, 6.07) is 14.4. The van der Waals surface area contributed by atoms with Gasteiger partial charge in [0.25, 0.3) is 5.91 Å². The van der Waals surface area contributed by atoms with Crippen molar-refractivity contribution in [3.8, 4) is 0 Å². The Bertz CT molecular complexity index is 1180. The van der Waals surface area contributed by atoms with E-state index in [0.717, 1.165) is 88.1 Å². The molecule has 3 amide bonds. The summed E-state index contributed by atoms with van der Waals surface area (Å²) in [5, 5.41) is 6.52. The van der Waals surface area contributed by atoms with E-state index in [9.17, 15) is 9.59 Å². The first-order valence-corrected chi connectivity index (χ1v) is 14.4. The van der Waals surface area contributed by atoms with Crippen LogP contribution in [0, 0.1) is 17.8 Å². The van der Waals surface area contributed by atoms with Gasteiger partial charge in [0.2, 0.25) is 0 Å². The van der Waals surface area contributed by atoms with Crippen LogP contribution in [0.1, 0.15) is 72.9 Å². The molecule has 5 fully saturated rings. The third-order valence-electron chi connectivity index (χ3n) is 9.77.